The van der Waals surface area contributed by atoms with Crippen molar-refractivity contribution in [3.05, 3.63) is 82.9 Å². The summed E-state index contributed by atoms with van der Waals surface area (Å²) in [5.41, 5.74) is 4.40. The van der Waals surface area contributed by atoms with Crippen LogP contribution in [0.5, 0.6) is 0 Å². The molecule has 0 aliphatic heterocycles. The number of ketones is 1. The van der Waals surface area contributed by atoms with Gasteiger partial charge in [0.1, 0.15) is 5.82 Å². The first kappa shape index (κ1) is 16.4. The number of carbonyl (C=O) groups excluding carboxylic acids is 1. The van der Waals surface area contributed by atoms with E-state index in [0.717, 1.165) is 11.3 Å². The highest BCUT2D eigenvalue weighted by molar-refractivity contribution is 5.98. The average Bonchev–Trinajstić information content (AvgIpc) is 2.63. The van der Waals surface area contributed by atoms with E-state index in [4.69, 9.17) is 0 Å². The van der Waals surface area contributed by atoms with Crippen LogP contribution < -0.4 is 5.32 Å². The predicted molar refractivity (Wildman–Crippen MR) is 98.3 cm³/mol. The Balaban J connectivity index is 1.61. The Morgan fingerprint density at radius 3 is 2.69 bits per heavy atom. The van der Waals surface area contributed by atoms with E-state index in [1.807, 2.05) is 6.07 Å². The predicted octanol–water partition coefficient (Wildman–Crippen LogP) is 4.58. The molecule has 1 atom stereocenters. The fraction of sp³-hybridized carbons (Fsp3) is 0.190. The number of rotatable bonds is 3. The van der Waals surface area contributed by atoms with Crippen LogP contribution >= 0.6 is 0 Å². The molecule has 1 aliphatic rings. The number of benzene rings is 2. The van der Waals surface area contributed by atoms with Gasteiger partial charge in [0.05, 0.1) is 11.3 Å². The highest BCUT2D eigenvalue weighted by atomic mass is 19.1. The molecule has 1 heterocycles. The van der Waals surface area contributed by atoms with Gasteiger partial charge in [-0.25, -0.2) is 14.4 Å². The van der Waals surface area contributed by atoms with E-state index in [-0.39, 0.29) is 17.5 Å². The molecular weight excluding hydrogens is 329 g/mol. The van der Waals surface area contributed by atoms with Gasteiger partial charge in [0.15, 0.2) is 5.78 Å². The first-order valence-electron chi connectivity index (χ1n) is 8.57. The summed E-state index contributed by atoms with van der Waals surface area (Å²) >= 11 is 0. The molecule has 0 spiro atoms. The Kier molecular flexibility index (Phi) is 4.21. The zero-order valence-corrected chi connectivity index (χ0v) is 14.4. The molecule has 130 valence electrons. The first-order valence-corrected chi connectivity index (χ1v) is 8.57. The molecule has 1 aromatic heterocycles. The Morgan fingerprint density at radius 1 is 1.12 bits per heavy atom. The van der Waals surface area contributed by atoms with Crippen LogP contribution in [0.15, 0.2) is 54.7 Å². The number of halogens is 1. The van der Waals surface area contributed by atoms with Crippen LogP contribution in [0, 0.1) is 12.7 Å². The molecule has 26 heavy (non-hydrogen) atoms. The molecule has 1 aliphatic carbocycles. The monoisotopic (exact) mass is 347 g/mol. The number of anilines is 2. The van der Waals surface area contributed by atoms with Crippen molar-refractivity contribution < 1.29 is 9.18 Å². The Hall–Kier alpha value is -3.08. The summed E-state index contributed by atoms with van der Waals surface area (Å²) in [6.07, 6.45) is 2.76. The molecule has 2 aromatic carbocycles. The lowest BCUT2D eigenvalue weighted by atomic mass is 9.82. The lowest BCUT2D eigenvalue weighted by molar-refractivity contribution is 0.0962. The molecule has 4 rings (SSSR count). The van der Waals surface area contributed by atoms with Crippen LogP contribution in [0.4, 0.5) is 16.0 Å². The average molecular weight is 347 g/mol. The van der Waals surface area contributed by atoms with Gasteiger partial charge >= 0.3 is 0 Å². The molecule has 3 aromatic rings. The van der Waals surface area contributed by atoms with E-state index in [1.54, 1.807) is 18.3 Å². The summed E-state index contributed by atoms with van der Waals surface area (Å²) in [5, 5.41) is 3.06. The van der Waals surface area contributed by atoms with E-state index in [9.17, 15) is 9.18 Å². The smallest absolute Gasteiger partial charge is 0.227 e. The van der Waals surface area contributed by atoms with E-state index >= 15 is 0 Å². The summed E-state index contributed by atoms with van der Waals surface area (Å²) in [6.45, 7) is 2.05. The Labute approximate surface area is 151 Å². The Bertz CT molecular complexity index is 969. The van der Waals surface area contributed by atoms with Gasteiger partial charge in [0.25, 0.3) is 0 Å². The molecule has 1 unspecified atom stereocenters. The number of fused-ring (bicyclic) bond motifs is 1. The molecule has 0 radical (unpaired) electrons. The van der Waals surface area contributed by atoms with Crippen molar-refractivity contribution in [3.63, 3.8) is 0 Å². The number of aromatic nitrogens is 2. The molecule has 5 heteroatoms. The van der Waals surface area contributed by atoms with Crippen molar-refractivity contribution in [2.75, 3.05) is 5.32 Å². The van der Waals surface area contributed by atoms with Gasteiger partial charge in [-0.3, -0.25) is 4.79 Å². The minimum absolute atomic E-state index is 0.0751. The fourth-order valence-electron chi connectivity index (χ4n) is 3.33. The Morgan fingerprint density at radius 2 is 1.92 bits per heavy atom. The second kappa shape index (κ2) is 6.67. The van der Waals surface area contributed by atoms with Crippen molar-refractivity contribution in [3.8, 4) is 0 Å². The van der Waals surface area contributed by atoms with Gasteiger partial charge in [-0.05, 0) is 49.1 Å². The normalized spacial score (nSPS) is 16.2. The second-order valence-electron chi connectivity index (χ2n) is 6.63. The number of hydrogen-bond donors (Lipinski definition) is 1. The topological polar surface area (TPSA) is 54.9 Å². The van der Waals surface area contributed by atoms with Crippen LogP contribution in [0.25, 0.3) is 0 Å². The standard InChI is InChI=1S/C21H18FN3O/c1-13-3-2-4-14(9-13)15-10-19-18(20(26)11-15)12-23-21(25-19)24-17-7-5-16(22)6-8-17/h2-9,12,15H,10-11H2,1H3,(H,23,24,25). The van der Waals surface area contributed by atoms with Crippen molar-refractivity contribution in [1.82, 2.24) is 9.97 Å². The number of carbonyl (C=O) groups is 1. The van der Waals surface area contributed by atoms with Crippen LogP contribution in [-0.2, 0) is 6.42 Å². The SMILES string of the molecule is Cc1cccc(C2CC(=O)c3cnc(Nc4ccc(F)cc4)nc3C2)c1. The number of Topliss-reactive ketones (excluding diaryl/α,β-unsaturated/α-hetero) is 1. The van der Waals surface area contributed by atoms with E-state index < -0.39 is 0 Å². The van der Waals surface area contributed by atoms with Crippen molar-refractivity contribution in [1.29, 1.82) is 0 Å². The van der Waals surface area contributed by atoms with Crippen LogP contribution in [-0.4, -0.2) is 15.8 Å². The zero-order chi connectivity index (χ0) is 18.1. The van der Waals surface area contributed by atoms with E-state index in [0.29, 0.717) is 30.0 Å². The number of nitrogens with zero attached hydrogens (tertiary/aromatic N) is 2. The maximum absolute atomic E-state index is 13.0. The minimum atomic E-state index is -0.298. The van der Waals surface area contributed by atoms with Gasteiger partial charge in [-0.1, -0.05) is 29.8 Å². The minimum Gasteiger partial charge on any atom is -0.324 e. The number of nitrogens with one attached hydrogen (secondary N) is 1. The third-order valence-corrected chi connectivity index (χ3v) is 4.65. The van der Waals surface area contributed by atoms with Crippen molar-refractivity contribution >= 4 is 17.4 Å². The molecule has 0 amide bonds. The largest absolute Gasteiger partial charge is 0.324 e. The summed E-state index contributed by atoms with van der Waals surface area (Å²) in [5.74, 6) is 0.316. The quantitative estimate of drug-likeness (QED) is 0.753. The van der Waals surface area contributed by atoms with Crippen LogP contribution in [0.1, 0.15) is 39.5 Å². The molecule has 1 N–H and O–H groups in total. The summed E-state index contributed by atoms with van der Waals surface area (Å²) in [6, 6.07) is 14.3. The van der Waals surface area contributed by atoms with E-state index in [2.05, 4.69) is 40.4 Å². The van der Waals surface area contributed by atoms with Gasteiger partial charge in [0, 0.05) is 18.3 Å². The highest BCUT2D eigenvalue weighted by Gasteiger charge is 2.28. The van der Waals surface area contributed by atoms with Gasteiger partial charge < -0.3 is 5.32 Å². The van der Waals surface area contributed by atoms with Crippen LogP contribution in [0.3, 0.4) is 0 Å². The highest BCUT2D eigenvalue weighted by Crippen LogP contribution is 2.32. The third-order valence-electron chi connectivity index (χ3n) is 4.65. The molecule has 0 fully saturated rings. The third kappa shape index (κ3) is 3.33. The molecule has 0 saturated carbocycles. The molecule has 0 saturated heterocycles. The molecular formula is C21H18FN3O. The summed E-state index contributed by atoms with van der Waals surface area (Å²) in [4.78, 5) is 21.3. The van der Waals surface area contributed by atoms with Crippen molar-refractivity contribution in [2.24, 2.45) is 0 Å². The van der Waals surface area contributed by atoms with Crippen LogP contribution in [0.2, 0.25) is 0 Å². The number of hydrogen-bond acceptors (Lipinski definition) is 4. The molecule has 4 nitrogen and oxygen atoms in total. The lowest BCUT2D eigenvalue weighted by Gasteiger charge is -2.23. The van der Waals surface area contributed by atoms with Gasteiger partial charge in [0.2, 0.25) is 5.95 Å². The summed E-state index contributed by atoms with van der Waals surface area (Å²) in [7, 11) is 0. The van der Waals surface area contributed by atoms with Crippen molar-refractivity contribution in [2.45, 2.75) is 25.7 Å². The van der Waals surface area contributed by atoms with E-state index in [1.165, 1.54) is 17.7 Å². The lowest BCUT2D eigenvalue weighted by Crippen LogP contribution is -2.21. The van der Waals surface area contributed by atoms with Gasteiger partial charge in [-0.15, -0.1) is 0 Å². The first-order chi connectivity index (χ1) is 12.6. The number of aryl methyl sites for hydroxylation is 1. The zero-order valence-electron chi connectivity index (χ0n) is 14.4. The molecule has 0 bridgehead atoms. The second-order valence-corrected chi connectivity index (χ2v) is 6.63. The summed E-state index contributed by atoms with van der Waals surface area (Å²) < 4.78 is 13.0. The fourth-order valence-corrected chi connectivity index (χ4v) is 3.33. The maximum Gasteiger partial charge on any atom is 0.227 e. The van der Waals surface area contributed by atoms with Gasteiger partial charge in [-0.2, -0.15) is 0 Å². The maximum atomic E-state index is 13.0.